The molecule has 0 spiro atoms. The molecule has 2 amide bonds. The number of hydrogen-bond acceptors (Lipinski definition) is 6. The summed E-state index contributed by atoms with van der Waals surface area (Å²) in [5, 5.41) is 0. The minimum Gasteiger partial charge on any atom is -0.273 e. The molecule has 3 rings (SSSR count). The topological polar surface area (TPSA) is 92.3 Å². The lowest BCUT2D eigenvalue weighted by Gasteiger charge is -2.21. The lowest BCUT2D eigenvalue weighted by atomic mass is 10.1. The van der Waals surface area contributed by atoms with Gasteiger partial charge in [-0.15, -0.1) is 23.5 Å². The highest BCUT2D eigenvalue weighted by Gasteiger charge is 2.33. The van der Waals surface area contributed by atoms with E-state index < -0.39 is 27.6 Å². The first kappa shape index (κ1) is 18.6. The summed E-state index contributed by atoms with van der Waals surface area (Å²) < 4.78 is 23.2. The number of benzene rings is 1. The maximum absolute atomic E-state index is 12.1. The number of hydrazine groups is 1. The summed E-state index contributed by atoms with van der Waals surface area (Å²) in [6, 6.07) is 7.37. The Morgan fingerprint density at radius 1 is 1.04 bits per heavy atom. The fourth-order valence-electron chi connectivity index (χ4n) is 2.77. The second-order valence-corrected chi connectivity index (χ2v) is 11.0. The van der Waals surface area contributed by atoms with E-state index in [4.69, 9.17) is 0 Å². The molecule has 0 aromatic heterocycles. The fraction of sp³-hybridized carbons (Fsp3) is 0.500. The number of carbonyl (C=O) groups excluding carboxylic acids is 2. The summed E-state index contributed by atoms with van der Waals surface area (Å²) in [4.78, 5) is 24.1. The van der Waals surface area contributed by atoms with Gasteiger partial charge >= 0.3 is 0 Å². The Kier molecular flexibility index (Phi) is 5.96. The molecule has 0 aliphatic carbocycles. The second kappa shape index (κ2) is 8.01. The molecular weight excluding hydrogens is 380 g/mol. The maximum atomic E-state index is 12.1. The first-order valence-corrected chi connectivity index (χ1v) is 12.0. The predicted molar refractivity (Wildman–Crippen MR) is 101 cm³/mol. The van der Waals surface area contributed by atoms with Crippen LogP contribution in [0.4, 0.5) is 0 Å². The number of hydrogen-bond donors (Lipinski definition) is 2. The molecule has 1 aromatic rings. The van der Waals surface area contributed by atoms with E-state index >= 15 is 0 Å². The summed E-state index contributed by atoms with van der Waals surface area (Å²) in [5.41, 5.74) is 6.32. The monoisotopic (exact) mass is 400 g/mol. The summed E-state index contributed by atoms with van der Waals surface area (Å²) in [6.07, 6.45) is 1.53. The van der Waals surface area contributed by atoms with Crippen molar-refractivity contribution < 1.29 is 18.0 Å². The zero-order valence-corrected chi connectivity index (χ0v) is 16.0. The van der Waals surface area contributed by atoms with Gasteiger partial charge in [-0.25, -0.2) is 8.42 Å². The van der Waals surface area contributed by atoms with Gasteiger partial charge in [0.25, 0.3) is 5.91 Å². The number of rotatable bonds is 3. The van der Waals surface area contributed by atoms with Gasteiger partial charge in [0, 0.05) is 5.56 Å². The normalized spacial score (nSPS) is 23.1. The predicted octanol–water partition coefficient (Wildman–Crippen LogP) is 1.75. The van der Waals surface area contributed by atoms with Crippen LogP contribution in [0.3, 0.4) is 0 Å². The van der Waals surface area contributed by atoms with E-state index in [1.165, 1.54) is 12.0 Å². The molecule has 2 N–H and O–H groups in total. The van der Waals surface area contributed by atoms with Crippen molar-refractivity contribution in [2.45, 2.75) is 17.4 Å². The van der Waals surface area contributed by atoms with Crippen molar-refractivity contribution in [2.75, 3.05) is 23.0 Å². The van der Waals surface area contributed by atoms with Gasteiger partial charge < -0.3 is 0 Å². The maximum Gasteiger partial charge on any atom is 0.269 e. The van der Waals surface area contributed by atoms with E-state index in [1.54, 1.807) is 12.1 Å². The van der Waals surface area contributed by atoms with Crippen molar-refractivity contribution in [1.82, 2.24) is 10.9 Å². The van der Waals surface area contributed by atoms with Crippen LogP contribution in [0.15, 0.2) is 24.3 Å². The van der Waals surface area contributed by atoms with Crippen molar-refractivity contribution in [3.8, 4) is 0 Å². The lowest BCUT2D eigenvalue weighted by Crippen LogP contribution is -2.44. The average molecular weight is 401 g/mol. The molecule has 2 aliphatic heterocycles. The quantitative estimate of drug-likeness (QED) is 0.751. The third kappa shape index (κ3) is 4.92. The zero-order valence-electron chi connectivity index (χ0n) is 13.6. The fourth-order valence-corrected chi connectivity index (χ4v) is 7.40. The molecule has 1 atom stereocenters. The minimum absolute atomic E-state index is 0.0255. The molecule has 2 saturated heterocycles. The van der Waals surface area contributed by atoms with E-state index in [1.807, 2.05) is 35.7 Å². The number of sulfone groups is 1. The number of carbonyl (C=O) groups is 2. The van der Waals surface area contributed by atoms with Gasteiger partial charge in [-0.1, -0.05) is 12.1 Å². The van der Waals surface area contributed by atoms with E-state index in [2.05, 4.69) is 10.9 Å². The van der Waals surface area contributed by atoms with E-state index in [-0.39, 0.29) is 11.5 Å². The van der Waals surface area contributed by atoms with Crippen LogP contribution in [0.2, 0.25) is 0 Å². The molecule has 0 radical (unpaired) electrons. The Labute approximate surface area is 155 Å². The molecule has 2 aliphatic rings. The van der Waals surface area contributed by atoms with E-state index in [0.717, 1.165) is 11.5 Å². The van der Waals surface area contributed by atoms with Crippen molar-refractivity contribution >= 4 is 45.2 Å². The van der Waals surface area contributed by atoms with Gasteiger partial charge in [0.05, 0.1) is 22.0 Å². The standard InChI is InChI=1S/C16H20N2O4S3/c19-14(17-18-15(20)13-6-9-25(21,22)10-13)11-2-4-12(5-3-11)16-23-7-1-8-24-16/h2-5,13,16H,1,6-10H2,(H,17,19)(H,18,20)/t13-/m0/s1. The third-order valence-electron chi connectivity index (χ3n) is 4.17. The largest absolute Gasteiger partial charge is 0.273 e. The third-order valence-corrected chi connectivity index (χ3v) is 8.96. The molecule has 1 aromatic carbocycles. The van der Waals surface area contributed by atoms with Crippen molar-refractivity contribution in [3.63, 3.8) is 0 Å². The summed E-state index contributed by atoms with van der Waals surface area (Å²) in [5.74, 6) is 0.725. The zero-order chi connectivity index (χ0) is 17.9. The Morgan fingerprint density at radius 3 is 2.32 bits per heavy atom. The Balaban J connectivity index is 1.52. The lowest BCUT2D eigenvalue weighted by molar-refractivity contribution is -0.125. The first-order chi connectivity index (χ1) is 11.9. The number of amides is 2. The van der Waals surface area contributed by atoms with Crippen LogP contribution in [0.5, 0.6) is 0 Å². The van der Waals surface area contributed by atoms with Crippen molar-refractivity contribution in [3.05, 3.63) is 35.4 Å². The van der Waals surface area contributed by atoms with Crippen LogP contribution >= 0.6 is 23.5 Å². The van der Waals surface area contributed by atoms with Crippen LogP contribution in [-0.2, 0) is 14.6 Å². The Morgan fingerprint density at radius 2 is 1.72 bits per heavy atom. The van der Waals surface area contributed by atoms with Gasteiger partial charge in [-0.05, 0) is 42.0 Å². The van der Waals surface area contributed by atoms with E-state index in [9.17, 15) is 18.0 Å². The smallest absolute Gasteiger partial charge is 0.269 e. The van der Waals surface area contributed by atoms with E-state index in [0.29, 0.717) is 16.6 Å². The average Bonchev–Trinajstić information content (AvgIpc) is 3.00. The number of nitrogens with one attached hydrogen (secondary N) is 2. The van der Waals surface area contributed by atoms with Crippen molar-refractivity contribution in [2.24, 2.45) is 5.92 Å². The summed E-state index contributed by atoms with van der Waals surface area (Å²) >= 11 is 3.83. The molecule has 6 nitrogen and oxygen atoms in total. The molecule has 0 saturated carbocycles. The van der Waals surface area contributed by atoms with Gasteiger partial charge in [0.1, 0.15) is 0 Å². The molecular formula is C16H20N2O4S3. The molecule has 9 heteroatoms. The molecule has 0 bridgehead atoms. The van der Waals surface area contributed by atoms with Crippen LogP contribution < -0.4 is 10.9 Å². The van der Waals surface area contributed by atoms with Crippen LogP contribution in [0.1, 0.15) is 33.3 Å². The van der Waals surface area contributed by atoms with Gasteiger partial charge in [-0.3, -0.25) is 20.4 Å². The van der Waals surface area contributed by atoms with Gasteiger partial charge in [0.15, 0.2) is 9.84 Å². The molecule has 0 unspecified atom stereocenters. The highest BCUT2D eigenvalue weighted by molar-refractivity contribution is 8.16. The first-order valence-electron chi connectivity index (χ1n) is 8.08. The SMILES string of the molecule is O=C(NNC(=O)[C@H]1CCS(=O)(=O)C1)c1ccc(C2SCCCS2)cc1. The summed E-state index contributed by atoms with van der Waals surface area (Å²) in [6.45, 7) is 0. The number of thioether (sulfide) groups is 2. The van der Waals surface area contributed by atoms with Crippen LogP contribution in [0.25, 0.3) is 0 Å². The molecule has 136 valence electrons. The van der Waals surface area contributed by atoms with Gasteiger partial charge in [0.2, 0.25) is 5.91 Å². The van der Waals surface area contributed by atoms with Crippen LogP contribution in [-0.4, -0.2) is 43.2 Å². The highest BCUT2D eigenvalue weighted by Crippen LogP contribution is 2.43. The van der Waals surface area contributed by atoms with Crippen LogP contribution in [0, 0.1) is 5.92 Å². The Bertz CT molecular complexity index is 743. The molecule has 2 heterocycles. The summed E-state index contributed by atoms with van der Waals surface area (Å²) in [7, 11) is -3.12. The minimum atomic E-state index is -3.12. The molecule has 25 heavy (non-hydrogen) atoms. The second-order valence-electron chi connectivity index (χ2n) is 6.09. The Hall–Kier alpha value is -1.19. The van der Waals surface area contributed by atoms with Crippen molar-refractivity contribution in [1.29, 1.82) is 0 Å². The molecule has 2 fully saturated rings. The van der Waals surface area contributed by atoms with Gasteiger partial charge in [-0.2, -0.15) is 0 Å². The highest BCUT2D eigenvalue weighted by atomic mass is 32.2.